The van der Waals surface area contributed by atoms with Crippen molar-refractivity contribution in [2.75, 3.05) is 19.6 Å². The molecule has 0 aromatic carbocycles. The van der Waals surface area contributed by atoms with Gasteiger partial charge in [0.15, 0.2) is 0 Å². The van der Waals surface area contributed by atoms with Crippen LogP contribution in [0.3, 0.4) is 0 Å². The molecule has 0 amide bonds. The molecule has 2 unspecified atom stereocenters. The topological polar surface area (TPSA) is 15.3 Å². The minimum absolute atomic E-state index is 0.719. The average Bonchev–Trinajstić information content (AvgIpc) is 3.12. The van der Waals surface area contributed by atoms with E-state index in [1.54, 1.807) is 4.88 Å². The molecule has 0 radical (unpaired) electrons. The Bertz CT molecular complexity index is 384. The lowest BCUT2D eigenvalue weighted by molar-refractivity contribution is 0.141. The summed E-state index contributed by atoms with van der Waals surface area (Å²) in [6.45, 7) is 6.05. The summed E-state index contributed by atoms with van der Waals surface area (Å²) in [4.78, 5) is 4.21. The molecule has 1 aliphatic heterocycles. The van der Waals surface area contributed by atoms with Gasteiger partial charge in [-0.15, -0.1) is 11.3 Å². The molecule has 1 N–H and O–H groups in total. The van der Waals surface area contributed by atoms with Crippen molar-refractivity contribution in [2.45, 2.75) is 57.5 Å². The maximum absolute atomic E-state index is 3.95. The van der Waals surface area contributed by atoms with Crippen molar-refractivity contribution in [2.24, 2.45) is 5.92 Å². The van der Waals surface area contributed by atoms with Crippen LogP contribution in [0, 0.1) is 5.92 Å². The first kappa shape index (κ1) is 14.6. The van der Waals surface area contributed by atoms with Crippen LogP contribution in [0.4, 0.5) is 0 Å². The molecule has 3 heteroatoms. The van der Waals surface area contributed by atoms with Gasteiger partial charge >= 0.3 is 0 Å². The van der Waals surface area contributed by atoms with Crippen molar-refractivity contribution in [1.82, 2.24) is 10.2 Å². The van der Waals surface area contributed by atoms with Gasteiger partial charge in [-0.05, 0) is 49.6 Å². The number of nitrogens with zero attached hydrogens (tertiary/aromatic N) is 1. The Balaban J connectivity index is 1.56. The second-order valence-corrected chi connectivity index (χ2v) is 7.61. The zero-order chi connectivity index (χ0) is 13.8. The summed E-state index contributed by atoms with van der Waals surface area (Å²) in [5.74, 6) is 0.834. The summed E-state index contributed by atoms with van der Waals surface area (Å²) < 4.78 is 0. The average molecular weight is 292 g/mol. The molecule has 0 bridgehead atoms. The fraction of sp³-hybridized carbons (Fsp3) is 0.765. The van der Waals surface area contributed by atoms with Crippen LogP contribution in [0.15, 0.2) is 17.5 Å². The minimum Gasteiger partial charge on any atom is -0.310 e. The van der Waals surface area contributed by atoms with Crippen molar-refractivity contribution in [1.29, 1.82) is 0 Å². The van der Waals surface area contributed by atoms with Gasteiger partial charge in [0.2, 0.25) is 0 Å². The highest BCUT2D eigenvalue weighted by molar-refractivity contribution is 7.09. The fourth-order valence-corrected chi connectivity index (χ4v) is 4.79. The standard InChI is InChI=1S/C17H28N2S/c1-2-19-12-14(11-17-8-5-9-20-17)10-16(13-19)18-15-6-3-4-7-15/h5,8-9,14-16,18H,2-4,6-7,10-13H2,1H3. The zero-order valence-corrected chi connectivity index (χ0v) is 13.5. The Hall–Kier alpha value is -0.380. The normalized spacial score (nSPS) is 29.1. The van der Waals surface area contributed by atoms with E-state index in [-0.39, 0.29) is 0 Å². The van der Waals surface area contributed by atoms with E-state index in [9.17, 15) is 0 Å². The maximum Gasteiger partial charge on any atom is 0.0200 e. The molecule has 1 aromatic heterocycles. The Morgan fingerprint density at radius 3 is 2.80 bits per heavy atom. The van der Waals surface area contributed by atoms with E-state index < -0.39 is 0 Å². The summed E-state index contributed by atoms with van der Waals surface area (Å²) >= 11 is 1.92. The van der Waals surface area contributed by atoms with Gasteiger partial charge in [-0.25, -0.2) is 0 Å². The maximum atomic E-state index is 3.95. The van der Waals surface area contributed by atoms with Gasteiger partial charge in [-0.3, -0.25) is 0 Å². The molecule has 2 nitrogen and oxygen atoms in total. The van der Waals surface area contributed by atoms with Gasteiger partial charge < -0.3 is 10.2 Å². The summed E-state index contributed by atoms with van der Waals surface area (Å²) in [7, 11) is 0. The Labute approximate surface area is 127 Å². The number of piperidine rings is 1. The van der Waals surface area contributed by atoms with E-state index in [4.69, 9.17) is 0 Å². The highest BCUT2D eigenvalue weighted by Crippen LogP contribution is 2.25. The molecule has 0 spiro atoms. The van der Waals surface area contributed by atoms with Crippen LogP contribution in [0.1, 0.15) is 43.9 Å². The van der Waals surface area contributed by atoms with Crippen molar-refractivity contribution in [3.05, 3.63) is 22.4 Å². The largest absolute Gasteiger partial charge is 0.310 e. The number of nitrogens with one attached hydrogen (secondary N) is 1. The van der Waals surface area contributed by atoms with Gasteiger partial charge in [-0.1, -0.05) is 25.8 Å². The molecular weight excluding hydrogens is 264 g/mol. The van der Waals surface area contributed by atoms with Gasteiger partial charge in [-0.2, -0.15) is 0 Å². The Morgan fingerprint density at radius 1 is 1.25 bits per heavy atom. The predicted molar refractivity (Wildman–Crippen MR) is 87.4 cm³/mol. The van der Waals surface area contributed by atoms with Crippen molar-refractivity contribution in [3.63, 3.8) is 0 Å². The van der Waals surface area contributed by atoms with Crippen molar-refractivity contribution < 1.29 is 0 Å². The fourth-order valence-electron chi connectivity index (χ4n) is 3.97. The van der Waals surface area contributed by atoms with E-state index in [0.29, 0.717) is 0 Å². The molecule has 2 fully saturated rings. The van der Waals surface area contributed by atoms with E-state index in [1.165, 1.54) is 58.2 Å². The van der Waals surface area contributed by atoms with Crippen molar-refractivity contribution >= 4 is 11.3 Å². The highest BCUT2D eigenvalue weighted by Gasteiger charge is 2.28. The van der Waals surface area contributed by atoms with E-state index >= 15 is 0 Å². The first-order valence-corrected chi connectivity index (χ1v) is 9.22. The third-order valence-electron chi connectivity index (χ3n) is 4.96. The smallest absolute Gasteiger partial charge is 0.0200 e. The zero-order valence-electron chi connectivity index (χ0n) is 12.7. The summed E-state index contributed by atoms with van der Waals surface area (Å²) in [5.41, 5.74) is 0. The number of likely N-dealkylation sites (N-methyl/N-ethyl adjacent to an activating group) is 1. The van der Waals surface area contributed by atoms with Gasteiger partial charge in [0.1, 0.15) is 0 Å². The molecule has 3 rings (SSSR count). The predicted octanol–water partition coefficient (Wildman–Crippen LogP) is 3.53. The lowest BCUT2D eigenvalue weighted by Crippen LogP contribution is -2.51. The summed E-state index contributed by atoms with van der Waals surface area (Å²) in [6.07, 6.45) is 8.30. The SMILES string of the molecule is CCN1CC(Cc2cccs2)CC(NC2CCCC2)C1. The third kappa shape index (κ3) is 3.84. The minimum atomic E-state index is 0.719. The molecule has 2 atom stereocenters. The Morgan fingerprint density at radius 2 is 2.10 bits per heavy atom. The number of hydrogen-bond acceptors (Lipinski definition) is 3. The van der Waals surface area contributed by atoms with Crippen LogP contribution >= 0.6 is 11.3 Å². The number of likely N-dealkylation sites (tertiary alicyclic amines) is 1. The van der Waals surface area contributed by atoms with Crippen LogP contribution in [0.25, 0.3) is 0 Å². The van der Waals surface area contributed by atoms with Crippen LogP contribution in [0.5, 0.6) is 0 Å². The molecule has 1 aromatic rings. The molecule has 1 saturated heterocycles. The van der Waals surface area contributed by atoms with E-state index in [1.807, 2.05) is 11.3 Å². The third-order valence-corrected chi connectivity index (χ3v) is 5.86. The van der Waals surface area contributed by atoms with Crippen LogP contribution in [-0.2, 0) is 6.42 Å². The highest BCUT2D eigenvalue weighted by atomic mass is 32.1. The molecular formula is C17H28N2S. The van der Waals surface area contributed by atoms with E-state index in [2.05, 4.69) is 34.7 Å². The van der Waals surface area contributed by atoms with Crippen LogP contribution in [-0.4, -0.2) is 36.6 Å². The number of hydrogen-bond donors (Lipinski definition) is 1. The van der Waals surface area contributed by atoms with Crippen LogP contribution in [0.2, 0.25) is 0 Å². The lowest BCUT2D eigenvalue weighted by atomic mass is 9.90. The second-order valence-electron chi connectivity index (χ2n) is 6.58. The molecule has 2 heterocycles. The molecule has 1 aliphatic carbocycles. The lowest BCUT2D eigenvalue weighted by Gasteiger charge is -2.39. The summed E-state index contributed by atoms with van der Waals surface area (Å²) in [6, 6.07) is 6.01. The van der Waals surface area contributed by atoms with Gasteiger partial charge in [0.25, 0.3) is 0 Å². The molecule has 1 saturated carbocycles. The Kier molecular flexibility index (Phi) is 5.14. The van der Waals surface area contributed by atoms with Gasteiger partial charge in [0.05, 0.1) is 0 Å². The van der Waals surface area contributed by atoms with Crippen LogP contribution < -0.4 is 5.32 Å². The monoisotopic (exact) mass is 292 g/mol. The molecule has 112 valence electrons. The molecule has 2 aliphatic rings. The second kappa shape index (κ2) is 7.06. The molecule has 20 heavy (non-hydrogen) atoms. The number of rotatable bonds is 5. The first-order chi connectivity index (χ1) is 9.83. The van der Waals surface area contributed by atoms with Gasteiger partial charge in [0, 0.05) is 30.1 Å². The van der Waals surface area contributed by atoms with Crippen molar-refractivity contribution in [3.8, 4) is 0 Å². The first-order valence-electron chi connectivity index (χ1n) is 8.34. The summed E-state index contributed by atoms with van der Waals surface area (Å²) in [5, 5.41) is 6.17. The quantitative estimate of drug-likeness (QED) is 0.893. The van der Waals surface area contributed by atoms with E-state index in [0.717, 1.165) is 18.0 Å². The number of thiophene rings is 1.